The van der Waals surface area contributed by atoms with Crippen LogP contribution < -0.4 is 10.1 Å². The first-order chi connectivity index (χ1) is 11.7. The molecule has 2 aromatic rings. The van der Waals surface area contributed by atoms with Crippen LogP contribution in [0, 0.1) is 6.92 Å². The van der Waals surface area contributed by atoms with Crippen molar-refractivity contribution in [2.75, 3.05) is 11.9 Å². The third-order valence-corrected chi connectivity index (χ3v) is 3.64. The van der Waals surface area contributed by atoms with Crippen molar-refractivity contribution in [3.63, 3.8) is 0 Å². The number of amides is 1. The van der Waals surface area contributed by atoms with Crippen molar-refractivity contribution in [2.24, 2.45) is 0 Å². The summed E-state index contributed by atoms with van der Waals surface area (Å²) in [5, 5.41) is 2.85. The SMILES string of the molecule is CCCCCOc1ccc(NC(=O)C=Cc2ccc(C)cc2)cc1. The summed E-state index contributed by atoms with van der Waals surface area (Å²) in [6.45, 7) is 4.95. The molecule has 24 heavy (non-hydrogen) atoms. The second-order valence-electron chi connectivity index (χ2n) is 5.81. The van der Waals surface area contributed by atoms with E-state index in [1.54, 1.807) is 12.2 Å². The fraction of sp³-hybridized carbons (Fsp3) is 0.286. The Hall–Kier alpha value is -2.55. The predicted molar refractivity (Wildman–Crippen MR) is 100 cm³/mol. The minimum Gasteiger partial charge on any atom is -0.494 e. The fourth-order valence-electron chi connectivity index (χ4n) is 2.21. The quantitative estimate of drug-likeness (QED) is 0.534. The van der Waals surface area contributed by atoms with Crippen molar-refractivity contribution in [1.29, 1.82) is 0 Å². The lowest BCUT2D eigenvalue weighted by Gasteiger charge is -2.07. The molecule has 0 aromatic heterocycles. The molecule has 0 aliphatic heterocycles. The van der Waals surface area contributed by atoms with E-state index in [2.05, 4.69) is 12.2 Å². The molecule has 0 aliphatic rings. The summed E-state index contributed by atoms with van der Waals surface area (Å²) in [5.41, 5.74) is 2.97. The molecule has 0 fully saturated rings. The summed E-state index contributed by atoms with van der Waals surface area (Å²) >= 11 is 0. The van der Waals surface area contributed by atoms with Gasteiger partial charge in [-0.05, 0) is 49.2 Å². The van der Waals surface area contributed by atoms with Crippen LogP contribution in [0.1, 0.15) is 37.3 Å². The highest BCUT2D eigenvalue weighted by Crippen LogP contribution is 2.16. The first-order valence-corrected chi connectivity index (χ1v) is 8.46. The maximum atomic E-state index is 12.0. The Bertz CT molecular complexity index is 657. The standard InChI is InChI=1S/C21H25NO2/c1-3-4-5-16-24-20-13-11-19(12-14-20)22-21(23)15-10-18-8-6-17(2)7-9-18/h6-15H,3-5,16H2,1-2H3,(H,22,23). The van der Waals surface area contributed by atoms with Gasteiger partial charge in [0.2, 0.25) is 5.91 Å². The van der Waals surface area contributed by atoms with Gasteiger partial charge in [-0.25, -0.2) is 0 Å². The highest BCUT2D eigenvalue weighted by Gasteiger charge is 1.99. The van der Waals surface area contributed by atoms with Gasteiger partial charge in [-0.2, -0.15) is 0 Å². The van der Waals surface area contributed by atoms with Crippen LogP contribution in [0.2, 0.25) is 0 Å². The van der Waals surface area contributed by atoms with E-state index in [9.17, 15) is 4.79 Å². The molecule has 0 spiro atoms. The second-order valence-corrected chi connectivity index (χ2v) is 5.81. The van der Waals surface area contributed by atoms with Gasteiger partial charge < -0.3 is 10.1 Å². The summed E-state index contributed by atoms with van der Waals surface area (Å²) in [5.74, 6) is 0.687. The van der Waals surface area contributed by atoms with Crippen LogP contribution in [0.3, 0.4) is 0 Å². The minimum absolute atomic E-state index is 0.146. The summed E-state index contributed by atoms with van der Waals surface area (Å²) in [4.78, 5) is 12.0. The number of hydrogen-bond acceptors (Lipinski definition) is 2. The minimum atomic E-state index is -0.146. The Morgan fingerprint density at radius 2 is 1.75 bits per heavy atom. The van der Waals surface area contributed by atoms with Gasteiger partial charge >= 0.3 is 0 Å². The average molecular weight is 323 g/mol. The van der Waals surface area contributed by atoms with Crippen molar-refractivity contribution in [2.45, 2.75) is 33.1 Å². The largest absolute Gasteiger partial charge is 0.494 e. The van der Waals surface area contributed by atoms with Gasteiger partial charge in [-0.3, -0.25) is 4.79 Å². The van der Waals surface area contributed by atoms with Gasteiger partial charge in [0.25, 0.3) is 0 Å². The zero-order valence-corrected chi connectivity index (χ0v) is 14.4. The third-order valence-electron chi connectivity index (χ3n) is 3.64. The lowest BCUT2D eigenvalue weighted by Crippen LogP contribution is -2.07. The van der Waals surface area contributed by atoms with Crippen LogP contribution >= 0.6 is 0 Å². The van der Waals surface area contributed by atoms with Crippen LogP contribution in [0.4, 0.5) is 5.69 Å². The third kappa shape index (κ3) is 6.29. The number of benzene rings is 2. The lowest BCUT2D eigenvalue weighted by molar-refractivity contribution is -0.111. The number of carbonyl (C=O) groups is 1. The molecule has 0 atom stereocenters. The molecule has 0 aliphatic carbocycles. The zero-order valence-electron chi connectivity index (χ0n) is 14.4. The topological polar surface area (TPSA) is 38.3 Å². The summed E-state index contributed by atoms with van der Waals surface area (Å²) in [6, 6.07) is 15.5. The molecule has 2 rings (SSSR count). The number of hydrogen-bond donors (Lipinski definition) is 1. The van der Waals surface area contributed by atoms with E-state index < -0.39 is 0 Å². The molecular formula is C21H25NO2. The van der Waals surface area contributed by atoms with E-state index in [0.29, 0.717) is 0 Å². The zero-order chi connectivity index (χ0) is 17.2. The molecule has 0 radical (unpaired) electrons. The van der Waals surface area contributed by atoms with Gasteiger partial charge in [-0.15, -0.1) is 0 Å². The number of aryl methyl sites for hydroxylation is 1. The second kappa shape index (κ2) is 9.56. The van der Waals surface area contributed by atoms with Gasteiger partial charge in [0.05, 0.1) is 6.61 Å². The van der Waals surface area contributed by atoms with E-state index in [0.717, 1.165) is 30.0 Å². The summed E-state index contributed by atoms with van der Waals surface area (Å²) in [6.07, 6.45) is 6.78. The molecule has 0 unspecified atom stereocenters. The average Bonchev–Trinajstić information content (AvgIpc) is 2.60. The van der Waals surface area contributed by atoms with E-state index in [1.165, 1.54) is 18.4 Å². The molecule has 0 heterocycles. The predicted octanol–water partition coefficient (Wildman–Crippen LogP) is 5.22. The number of ether oxygens (including phenoxy) is 1. The molecule has 3 heteroatoms. The summed E-state index contributed by atoms with van der Waals surface area (Å²) < 4.78 is 5.66. The Morgan fingerprint density at radius 3 is 2.42 bits per heavy atom. The molecule has 2 aromatic carbocycles. The van der Waals surface area contributed by atoms with Gasteiger partial charge in [0.1, 0.15) is 5.75 Å². The van der Waals surface area contributed by atoms with Crippen molar-refractivity contribution < 1.29 is 9.53 Å². The maximum Gasteiger partial charge on any atom is 0.248 e. The molecule has 0 bridgehead atoms. The first kappa shape index (κ1) is 17.8. The fourth-order valence-corrected chi connectivity index (χ4v) is 2.21. The van der Waals surface area contributed by atoms with Crippen molar-refractivity contribution in [1.82, 2.24) is 0 Å². The summed E-state index contributed by atoms with van der Waals surface area (Å²) in [7, 11) is 0. The smallest absolute Gasteiger partial charge is 0.248 e. The van der Waals surface area contributed by atoms with Gasteiger partial charge in [-0.1, -0.05) is 49.6 Å². The molecule has 0 saturated carbocycles. The van der Waals surface area contributed by atoms with Crippen LogP contribution in [0.5, 0.6) is 5.75 Å². The van der Waals surface area contributed by atoms with E-state index in [4.69, 9.17) is 4.74 Å². The van der Waals surface area contributed by atoms with Crippen molar-refractivity contribution in [3.8, 4) is 5.75 Å². The Balaban J connectivity index is 1.82. The van der Waals surface area contributed by atoms with Crippen LogP contribution in [-0.2, 0) is 4.79 Å². The Morgan fingerprint density at radius 1 is 1.04 bits per heavy atom. The number of unbranched alkanes of at least 4 members (excludes halogenated alkanes) is 2. The van der Waals surface area contributed by atoms with Crippen LogP contribution in [0.15, 0.2) is 54.6 Å². The van der Waals surface area contributed by atoms with Crippen molar-refractivity contribution >= 4 is 17.7 Å². The van der Waals surface area contributed by atoms with E-state index in [1.807, 2.05) is 55.5 Å². The number of carbonyl (C=O) groups excluding carboxylic acids is 1. The van der Waals surface area contributed by atoms with Crippen molar-refractivity contribution in [3.05, 3.63) is 65.7 Å². The Kier molecular flexibility index (Phi) is 7.09. The van der Waals surface area contributed by atoms with E-state index in [-0.39, 0.29) is 5.91 Å². The van der Waals surface area contributed by atoms with Crippen LogP contribution in [0.25, 0.3) is 6.08 Å². The highest BCUT2D eigenvalue weighted by atomic mass is 16.5. The number of rotatable bonds is 8. The molecule has 1 N–H and O–H groups in total. The Labute approximate surface area is 144 Å². The molecule has 3 nitrogen and oxygen atoms in total. The van der Waals surface area contributed by atoms with Crippen LogP contribution in [-0.4, -0.2) is 12.5 Å². The monoisotopic (exact) mass is 323 g/mol. The number of anilines is 1. The lowest BCUT2D eigenvalue weighted by atomic mass is 10.1. The maximum absolute atomic E-state index is 12.0. The van der Waals surface area contributed by atoms with Gasteiger partial charge in [0, 0.05) is 11.8 Å². The highest BCUT2D eigenvalue weighted by molar-refractivity contribution is 6.01. The number of nitrogens with one attached hydrogen (secondary N) is 1. The molecule has 1 amide bonds. The van der Waals surface area contributed by atoms with E-state index >= 15 is 0 Å². The molecular weight excluding hydrogens is 298 g/mol. The first-order valence-electron chi connectivity index (χ1n) is 8.46. The molecule has 0 saturated heterocycles. The molecule has 126 valence electrons. The van der Waals surface area contributed by atoms with Gasteiger partial charge in [0.15, 0.2) is 0 Å². The normalized spacial score (nSPS) is 10.8.